The first-order valence-electron chi connectivity index (χ1n) is 8.07. The van der Waals surface area contributed by atoms with Crippen molar-refractivity contribution in [1.82, 2.24) is 19.6 Å². The number of carbonyl (C=O) groups is 1. The minimum atomic E-state index is -0.0594. The van der Waals surface area contributed by atoms with Crippen LogP contribution in [0.1, 0.15) is 17.7 Å². The molecule has 1 amide bonds. The standard InChI is InChI=1S/C18H21N5O2/c1-14-6-8-19-23(14)9-7-18(24)21-16-11-20-22(13-16)12-15-4-3-5-17(10-15)25-2/h3-6,8,10-11,13H,7,9,12H2,1-2H3,(H,21,24). The topological polar surface area (TPSA) is 74.0 Å². The monoisotopic (exact) mass is 339 g/mol. The summed E-state index contributed by atoms with van der Waals surface area (Å²) in [5, 5.41) is 11.3. The molecule has 0 aliphatic carbocycles. The van der Waals surface area contributed by atoms with Crippen molar-refractivity contribution in [2.45, 2.75) is 26.4 Å². The minimum absolute atomic E-state index is 0.0594. The largest absolute Gasteiger partial charge is 0.497 e. The van der Waals surface area contributed by atoms with Crippen LogP contribution >= 0.6 is 0 Å². The molecule has 130 valence electrons. The van der Waals surface area contributed by atoms with Crippen LogP contribution in [0.2, 0.25) is 0 Å². The summed E-state index contributed by atoms with van der Waals surface area (Å²) in [7, 11) is 1.64. The molecule has 7 nitrogen and oxygen atoms in total. The van der Waals surface area contributed by atoms with Gasteiger partial charge in [-0.15, -0.1) is 0 Å². The molecule has 2 heterocycles. The van der Waals surface area contributed by atoms with Gasteiger partial charge in [0.05, 0.1) is 25.5 Å². The SMILES string of the molecule is COc1cccc(Cn2cc(NC(=O)CCn3nccc3C)cn2)c1. The number of aromatic nitrogens is 4. The van der Waals surface area contributed by atoms with Crippen LogP contribution in [0.5, 0.6) is 5.75 Å². The molecule has 0 saturated heterocycles. The van der Waals surface area contributed by atoms with Crippen LogP contribution in [0.4, 0.5) is 5.69 Å². The van der Waals surface area contributed by atoms with Gasteiger partial charge in [0.1, 0.15) is 5.75 Å². The number of aryl methyl sites for hydroxylation is 2. The molecule has 1 aromatic carbocycles. The Morgan fingerprint density at radius 2 is 2.16 bits per heavy atom. The molecule has 3 aromatic rings. The number of nitrogens with one attached hydrogen (secondary N) is 1. The summed E-state index contributed by atoms with van der Waals surface area (Å²) in [6.45, 7) is 3.13. The lowest BCUT2D eigenvalue weighted by molar-refractivity contribution is -0.116. The Labute approximate surface area is 146 Å². The Bertz CT molecular complexity index is 853. The maximum absolute atomic E-state index is 12.1. The molecule has 0 radical (unpaired) electrons. The molecule has 0 fully saturated rings. The Hall–Kier alpha value is -3.09. The maximum Gasteiger partial charge on any atom is 0.226 e. The number of carbonyl (C=O) groups excluding carboxylic acids is 1. The van der Waals surface area contributed by atoms with Crippen molar-refractivity contribution in [3.63, 3.8) is 0 Å². The first-order chi connectivity index (χ1) is 12.1. The zero-order chi connectivity index (χ0) is 17.6. The highest BCUT2D eigenvalue weighted by Gasteiger charge is 2.07. The van der Waals surface area contributed by atoms with Gasteiger partial charge in [-0.05, 0) is 30.7 Å². The van der Waals surface area contributed by atoms with Crippen LogP contribution in [0.15, 0.2) is 48.9 Å². The first kappa shape index (κ1) is 16.8. The smallest absolute Gasteiger partial charge is 0.226 e. The van der Waals surface area contributed by atoms with Gasteiger partial charge in [0.25, 0.3) is 0 Å². The molecule has 0 aliphatic heterocycles. The van der Waals surface area contributed by atoms with Crippen LogP contribution in [0.25, 0.3) is 0 Å². The molecule has 1 N–H and O–H groups in total. The number of hydrogen-bond donors (Lipinski definition) is 1. The van der Waals surface area contributed by atoms with Gasteiger partial charge in [-0.1, -0.05) is 12.1 Å². The van der Waals surface area contributed by atoms with Crippen molar-refractivity contribution >= 4 is 11.6 Å². The highest BCUT2D eigenvalue weighted by atomic mass is 16.5. The van der Waals surface area contributed by atoms with Gasteiger partial charge in [0.15, 0.2) is 0 Å². The molecule has 2 aromatic heterocycles. The second-order valence-electron chi connectivity index (χ2n) is 5.77. The predicted octanol–water partition coefficient (Wildman–Crippen LogP) is 2.47. The van der Waals surface area contributed by atoms with Crippen molar-refractivity contribution < 1.29 is 9.53 Å². The van der Waals surface area contributed by atoms with Crippen molar-refractivity contribution in [3.8, 4) is 5.75 Å². The van der Waals surface area contributed by atoms with Crippen molar-refractivity contribution in [2.75, 3.05) is 12.4 Å². The fourth-order valence-corrected chi connectivity index (χ4v) is 2.54. The number of nitrogens with zero attached hydrogens (tertiary/aromatic N) is 4. The third-order valence-electron chi connectivity index (χ3n) is 3.88. The van der Waals surface area contributed by atoms with E-state index < -0.39 is 0 Å². The Kier molecular flexibility index (Phi) is 5.13. The predicted molar refractivity (Wildman–Crippen MR) is 94.5 cm³/mol. The van der Waals surface area contributed by atoms with E-state index in [-0.39, 0.29) is 5.91 Å². The van der Waals surface area contributed by atoms with Crippen molar-refractivity contribution in [3.05, 3.63) is 60.2 Å². The van der Waals surface area contributed by atoms with Crippen LogP contribution in [0, 0.1) is 6.92 Å². The number of amides is 1. The molecule has 7 heteroatoms. The third kappa shape index (κ3) is 4.47. The normalized spacial score (nSPS) is 10.6. The summed E-state index contributed by atoms with van der Waals surface area (Å²) in [5.74, 6) is 0.753. The second kappa shape index (κ2) is 7.65. The van der Waals surface area contributed by atoms with Crippen molar-refractivity contribution in [2.24, 2.45) is 0 Å². The molecular formula is C18H21N5O2. The molecule has 3 rings (SSSR count). The fraction of sp³-hybridized carbons (Fsp3) is 0.278. The molecule has 0 saturated carbocycles. The number of hydrogen-bond acceptors (Lipinski definition) is 4. The summed E-state index contributed by atoms with van der Waals surface area (Å²) < 4.78 is 8.81. The second-order valence-corrected chi connectivity index (χ2v) is 5.77. The summed E-state index contributed by atoms with van der Waals surface area (Å²) >= 11 is 0. The zero-order valence-corrected chi connectivity index (χ0v) is 14.3. The quantitative estimate of drug-likeness (QED) is 0.718. The highest BCUT2D eigenvalue weighted by Crippen LogP contribution is 2.14. The average Bonchev–Trinajstić information content (AvgIpc) is 3.22. The van der Waals surface area contributed by atoms with E-state index in [0.29, 0.717) is 25.2 Å². The number of methoxy groups -OCH3 is 1. The minimum Gasteiger partial charge on any atom is -0.497 e. The van der Waals surface area contributed by atoms with Crippen molar-refractivity contribution in [1.29, 1.82) is 0 Å². The van der Waals surface area contributed by atoms with Gasteiger partial charge in [-0.2, -0.15) is 10.2 Å². The molecule has 0 atom stereocenters. The lowest BCUT2D eigenvalue weighted by atomic mass is 10.2. The molecule has 0 unspecified atom stereocenters. The highest BCUT2D eigenvalue weighted by molar-refractivity contribution is 5.90. The van der Waals surface area contributed by atoms with Crippen LogP contribution in [-0.2, 0) is 17.9 Å². The van der Waals surface area contributed by atoms with Gasteiger partial charge in [-0.25, -0.2) is 0 Å². The fourth-order valence-electron chi connectivity index (χ4n) is 2.54. The number of ether oxygens (including phenoxy) is 1. The number of rotatable bonds is 7. The summed E-state index contributed by atoms with van der Waals surface area (Å²) in [5.41, 5.74) is 2.80. The van der Waals surface area contributed by atoms with E-state index in [9.17, 15) is 4.79 Å². The van der Waals surface area contributed by atoms with E-state index in [0.717, 1.165) is 17.0 Å². The van der Waals surface area contributed by atoms with Crippen LogP contribution < -0.4 is 10.1 Å². The van der Waals surface area contributed by atoms with Crippen LogP contribution in [0.3, 0.4) is 0 Å². The summed E-state index contributed by atoms with van der Waals surface area (Å²) in [6.07, 6.45) is 5.56. The van der Waals surface area contributed by atoms with Gasteiger partial charge in [-0.3, -0.25) is 14.2 Å². The molecule has 0 spiro atoms. The first-order valence-corrected chi connectivity index (χ1v) is 8.07. The van der Waals surface area contributed by atoms with Gasteiger partial charge < -0.3 is 10.1 Å². The Balaban J connectivity index is 1.54. The number of anilines is 1. The lowest BCUT2D eigenvalue weighted by Crippen LogP contribution is -2.15. The summed E-state index contributed by atoms with van der Waals surface area (Å²) in [4.78, 5) is 12.1. The zero-order valence-electron chi connectivity index (χ0n) is 14.3. The van der Waals surface area contributed by atoms with E-state index in [1.165, 1.54) is 0 Å². The third-order valence-corrected chi connectivity index (χ3v) is 3.88. The van der Waals surface area contributed by atoms with E-state index in [1.54, 1.807) is 24.2 Å². The van der Waals surface area contributed by atoms with Gasteiger partial charge >= 0.3 is 0 Å². The molecule has 25 heavy (non-hydrogen) atoms. The van der Waals surface area contributed by atoms with Gasteiger partial charge in [0, 0.05) is 31.1 Å². The van der Waals surface area contributed by atoms with E-state index >= 15 is 0 Å². The summed E-state index contributed by atoms with van der Waals surface area (Å²) in [6, 6.07) is 9.74. The molecule has 0 aliphatic rings. The maximum atomic E-state index is 12.1. The molecule has 0 bridgehead atoms. The Morgan fingerprint density at radius 1 is 1.28 bits per heavy atom. The lowest BCUT2D eigenvalue weighted by Gasteiger charge is -2.05. The average molecular weight is 339 g/mol. The molecular weight excluding hydrogens is 318 g/mol. The van der Waals surface area contributed by atoms with Gasteiger partial charge in [0.2, 0.25) is 5.91 Å². The van der Waals surface area contributed by atoms with E-state index in [2.05, 4.69) is 15.5 Å². The van der Waals surface area contributed by atoms with Crippen LogP contribution in [-0.4, -0.2) is 32.6 Å². The van der Waals surface area contributed by atoms with E-state index in [1.807, 2.05) is 48.1 Å². The van der Waals surface area contributed by atoms with E-state index in [4.69, 9.17) is 4.74 Å². The number of benzene rings is 1. The Morgan fingerprint density at radius 3 is 2.92 bits per heavy atom.